The number of ether oxygens (including phenoxy) is 2. The van der Waals surface area contributed by atoms with Gasteiger partial charge >= 0.3 is 5.95 Å². The molecule has 0 radical (unpaired) electrons. The Morgan fingerprint density at radius 1 is 1.03 bits per heavy atom. The zero-order valence-corrected chi connectivity index (χ0v) is 19.6. The molecule has 0 saturated carbocycles. The first-order valence-corrected chi connectivity index (χ1v) is 11.1. The third kappa shape index (κ3) is 4.19. The summed E-state index contributed by atoms with van der Waals surface area (Å²) < 4.78 is 12.8. The average Bonchev–Trinajstić information content (AvgIpc) is 3.32. The molecule has 1 unspecified atom stereocenters. The molecule has 2 aromatic heterocycles. The van der Waals surface area contributed by atoms with E-state index in [2.05, 4.69) is 20.7 Å². The van der Waals surface area contributed by atoms with Crippen molar-refractivity contribution >= 4 is 17.5 Å². The topological polar surface area (TPSA) is 105 Å². The van der Waals surface area contributed by atoms with Crippen molar-refractivity contribution in [3.05, 3.63) is 89.9 Å². The van der Waals surface area contributed by atoms with Crippen molar-refractivity contribution in [3.8, 4) is 22.9 Å². The highest BCUT2D eigenvalue weighted by Crippen LogP contribution is 2.36. The summed E-state index contributed by atoms with van der Waals surface area (Å²) in [5.74, 6) is 2.20. The first-order valence-electron chi connectivity index (χ1n) is 11.1. The summed E-state index contributed by atoms with van der Waals surface area (Å²) in [6, 6.07) is 18.5. The maximum atomic E-state index is 13.6. The number of amides is 1. The fourth-order valence-corrected chi connectivity index (χ4v) is 4.19. The molecule has 1 aliphatic rings. The molecule has 9 nitrogen and oxygen atoms in total. The molecule has 0 saturated heterocycles. The molecule has 1 amide bonds. The summed E-state index contributed by atoms with van der Waals surface area (Å²) in [6.07, 6.45) is 3.27. The second-order valence-electron chi connectivity index (χ2n) is 8.01. The van der Waals surface area contributed by atoms with E-state index in [1.807, 2.05) is 60.1 Å². The molecule has 35 heavy (non-hydrogen) atoms. The lowest BCUT2D eigenvalue weighted by Crippen LogP contribution is -2.50. The minimum atomic E-state index is -0.507. The van der Waals surface area contributed by atoms with Crippen molar-refractivity contribution in [1.29, 1.82) is 0 Å². The van der Waals surface area contributed by atoms with E-state index in [1.165, 1.54) is 0 Å². The van der Waals surface area contributed by atoms with Gasteiger partial charge in [-0.25, -0.2) is 10.4 Å². The van der Waals surface area contributed by atoms with E-state index in [4.69, 9.17) is 14.5 Å². The number of nitrogens with zero attached hydrogens (tertiary/aromatic N) is 3. The van der Waals surface area contributed by atoms with Gasteiger partial charge in [-0.2, -0.15) is 0 Å². The number of methoxy groups -OCH3 is 2. The predicted molar refractivity (Wildman–Crippen MR) is 131 cm³/mol. The van der Waals surface area contributed by atoms with E-state index in [-0.39, 0.29) is 5.91 Å². The molecule has 0 bridgehead atoms. The van der Waals surface area contributed by atoms with E-state index in [9.17, 15) is 4.79 Å². The third-order valence-electron chi connectivity index (χ3n) is 5.84. The van der Waals surface area contributed by atoms with Crippen LogP contribution in [0.4, 0.5) is 11.6 Å². The first kappa shape index (κ1) is 22.1. The van der Waals surface area contributed by atoms with Gasteiger partial charge in [0.15, 0.2) is 17.5 Å². The lowest BCUT2D eigenvalue weighted by atomic mass is 9.94. The van der Waals surface area contributed by atoms with Crippen LogP contribution in [0.1, 0.15) is 18.5 Å². The fraction of sp³-hybridized carbons (Fsp3) is 0.154. The standard InChI is InChI=1S/C26H24N6O3/c1-16-22(25(33)29-19-10-7-13-27-15-19)23(18-11-12-20(34-2)21(14-18)35-3)32-26(28-16)30-24(31-32)17-8-5-4-6-9-17/h4-15,23H,1-3H3,(H2,28,29,30,31,33)/p+1. The molecule has 2 aromatic carbocycles. The van der Waals surface area contributed by atoms with Crippen molar-refractivity contribution in [2.24, 2.45) is 0 Å². The molecule has 176 valence electrons. The number of fused-ring (bicyclic) bond motifs is 1. The number of pyridine rings is 1. The van der Waals surface area contributed by atoms with Crippen LogP contribution in [0.15, 0.2) is 84.3 Å². The lowest BCUT2D eigenvalue weighted by molar-refractivity contribution is -0.746. The van der Waals surface area contributed by atoms with Crippen molar-refractivity contribution in [2.75, 3.05) is 24.9 Å². The number of anilines is 2. The van der Waals surface area contributed by atoms with E-state index in [0.29, 0.717) is 40.2 Å². The maximum absolute atomic E-state index is 13.6. The van der Waals surface area contributed by atoms with Gasteiger partial charge in [0, 0.05) is 17.3 Å². The fourth-order valence-electron chi connectivity index (χ4n) is 4.19. The molecule has 5 rings (SSSR count). The highest BCUT2D eigenvalue weighted by atomic mass is 16.5. The van der Waals surface area contributed by atoms with Crippen LogP contribution in [-0.4, -0.2) is 35.2 Å². The number of carbonyl (C=O) groups excluding carboxylic acids is 1. The monoisotopic (exact) mass is 469 g/mol. The number of nitrogens with one attached hydrogen (secondary N) is 3. The Balaban J connectivity index is 1.63. The van der Waals surface area contributed by atoms with E-state index < -0.39 is 6.04 Å². The summed E-state index contributed by atoms with van der Waals surface area (Å²) in [5, 5.41) is 9.62. The van der Waals surface area contributed by atoms with Crippen LogP contribution in [0.25, 0.3) is 11.4 Å². The van der Waals surface area contributed by atoms with Crippen molar-refractivity contribution in [1.82, 2.24) is 15.1 Å². The molecule has 0 spiro atoms. The Morgan fingerprint density at radius 2 is 1.83 bits per heavy atom. The highest BCUT2D eigenvalue weighted by Gasteiger charge is 2.40. The molecule has 1 atom stereocenters. The average molecular weight is 470 g/mol. The Kier molecular flexibility index (Phi) is 5.88. The summed E-state index contributed by atoms with van der Waals surface area (Å²) in [4.78, 5) is 22.4. The van der Waals surface area contributed by atoms with Crippen LogP contribution in [-0.2, 0) is 4.79 Å². The number of aromatic nitrogens is 4. The minimum Gasteiger partial charge on any atom is -0.493 e. The molecule has 3 heterocycles. The number of aromatic amines is 1. The van der Waals surface area contributed by atoms with Gasteiger partial charge in [0.2, 0.25) is 5.82 Å². The molecule has 0 fully saturated rings. The molecule has 1 aliphatic heterocycles. The summed E-state index contributed by atoms with van der Waals surface area (Å²) in [5.41, 5.74) is 3.59. The zero-order valence-electron chi connectivity index (χ0n) is 19.6. The van der Waals surface area contributed by atoms with Crippen LogP contribution < -0.4 is 24.8 Å². The largest absolute Gasteiger partial charge is 0.493 e. The second-order valence-corrected chi connectivity index (χ2v) is 8.01. The number of hydrogen-bond acceptors (Lipinski definition) is 6. The highest BCUT2D eigenvalue weighted by molar-refractivity contribution is 6.05. The maximum Gasteiger partial charge on any atom is 0.417 e. The molecule has 0 aliphatic carbocycles. The van der Waals surface area contributed by atoms with E-state index in [0.717, 1.165) is 11.1 Å². The van der Waals surface area contributed by atoms with Gasteiger partial charge in [0.05, 0.1) is 37.4 Å². The number of allylic oxidation sites excluding steroid dienone is 1. The summed E-state index contributed by atoms with van der Waals surface area (Å²) in [7, 11) is 3.18. The molecular formula is C26H25N6O3+. The summed E-state index contributed by atoms with van der Waals surface area (Å²) >= 11 is 0. The Bertz CT molecular complexity index is 1400. The smallest absolute Gasteiger partial charge is 0.417 e. The van der Waals surface area contributed by atoms with Crippen molar-refractivity contribution in [2.45, 2.75) is 13.0 Å². The zero-order chi connectivity index (χ0) is 24.4. The second kappa shape index (κ2) is 9.30. The molecule has 9 heteroatoms. The SMILES string of the molecule is COc1ccc(C2C(C(=O)Nc3cccnc3)=C(C)Nc3nc(-c4ccccc4)[nH][n+]32)cc1OC. The van der Waals surface area contributed by atoms with Gasteiger partial charge < -0.3 is 14.8 Å². The quantitative estimate of drug-likeness (QED) is 0.372. The molecule has 3 N–H and O–H groups in total. The summed E-state index contributed by atoms with van der Waals surface area (Å²) in [6.45, 7) is 1.87. The molecular weight excluding hydrogens is 444 g/mol. The van der Waals surface area contributed by atoms with E-state index >= 15 is 0 Å². The van der Waals surface area contributed by atoms with Gasteiger partial charge in [-0.1, -0.05) is 24.3 Å². The normalized spacial score (nSPS) is 14.7. The van der Waals surface area contributed by atoms with Crippen LogP contribution in [0.5, 0.6) is 11.5 Å². The third-order valence-corrected chi connectivity index (χ3v) is 5.84. The van der Waals surface area contributed by atoms with Crippen LogP contribution in [0, 0.1) is 0 Å². The van der Waals surface area contributed by atoms with Gasteiger partial charge in [-0.15, -0.1) is 4.68 Å². The van der Waals surface area contributed by atoms with Crippen LogP contribution >= 0.6 is 0 Å². The predicted octanol–water partition coefficient (Wildman–Crippen LogP) is 3.70. The van der Waals surface area contributed by atoms with Gasteiger partial charge in [-0.05, 0) is 48.3 Å². The van der Waals surface area contributed by atoms with Gasteiger partial charge in [-0.3, -0.25) is 9.78 Å². The van der Waals surface area contributed by atoms with E-state index in [1.54, 1.807) is 38.7 Å². The van der Waals surface area contributed by atoms with Crippen LogP contribution in [0.3, 0.4) is 0 Å². The number of benzene rings is 2. The Labute approximate surface area is 202 Å². The van der Waals surface area contributed by atoms with Crippen molar-refractivity contribution < 1.29 is 19.0 Å². The number of H-pyrrole nitrogens is 1. The minimum absolute atomic E-state index is 0.253. The Hall–Kier alpha value is -4.66. The number of hydrogen-bond donors (Lipinski definition) is 3. The van der Waals surface area contributed by atoms with Crippen LogP contribution in [0.2, 0.25) is 0 Å². The number of carbonyl (C=O) groups is 1. The lowest BCUT2D eigenvalue weighted by Gasteiger charge is -2.24. The van der Waals surface area contributed by atoms with Gasteiger partial charge in [0.25, 0.3) is 5.91 Å². The Morgan fingerprint density at radius 3 is 2.54 bits per heavy atom. The van der Waals surface area contributed by atoms with Gasteiger partial charge in [0.1, 0.15) is 0 Å². The number of rotatable bonds is 6. The molecule has 4 aromatic rings. The first-order chi connectivity index (χ1) is 17.1. The van der Waals surface area contributed by atoms with Crippen molar-refractivity contribution in [3.63, 3.8) is 0 Å².